The van der Waals surface area contributed by atoms with Crippen molar-refractivity contribution in [3.8, 4) is 0 Å². The molecule has 2 heterocycles. The highest BCUT2D eigenvalue weighted by atomic mass is 32.2. The Morgan fingerprint density at radius 1 is 1.19 bits per heavy atom. The maximum Gasteiger partial charge on any atom is 0.232 e. The first kappa shape index (κ1) is 19.0. The Balaban J connectivity index is 1.51. The molecule has 0 N–H and O–H groups in total. The van der Waals surface area contributed by atoms with Crippen LogP contribution in [0.3, 0.4) is 0 Å². The molecule has 2 aromatic rings. The van der Waals surface area contributed by atoms with Gasteiger partial charge in [-0.25, -0.2) is 4.98 Å². The SMILES string of the molecule is Cc1nc(SCc2noc(C(C)(C)C)n2)n([C@@H](C)[C@@H]2C[C@H]3CC[C@H]2C3)c1C. The Bertz CT molecular complexity index is 819. The van der Waals surface area contributed by atoms with Crippen LogP contribution >= 0.6 is 11.8 Å². The minimum atomic E-state index is -0.113. The minimum absolute atomic E-state index is 0.113. The van der Waals surface area contributed by atoms with E-state index in [0.29, 0.717) is 17.7 Å². The smallest absolute Gasteiger partial charge is 0.232 e. The standard InChI is InChI=1S/C21H32N4OS/c1-12-13(2)25(14(3)17-10-15-7-8-16(17)9-15)20(22-12)27-11-18-23-19(26-24-18)21(4,5)6/h14-17H,7-11H2,1-6H3/t14-,15-,16-,17-/m0/s1. The van der Waals surface area contributed by atoms with Crippen molar-refractivity contribution in [3.05, 3.63) is 23.1 Å². The molecule has 0 saturated heterocycles. The lowest BCUT2D eigenvalue weighted by atomic mass is 9.84. The van der Waals surface area contributed by atoms with Gasteiger partial charge in [-0.1, -0.05) is 44.1 Å². The highest BCUT2D eigenvalue weighted by Gasteiger charge is 2.43. The number of rotatable bonds is 5. The van der Waals surface area contributed by atoms with Crippen LogP contribution < -0.4 is 0 Å². The second kappa shape index (κ2) is 6.94. The molecule has 0 aliphatic heterocycles. The van der Waals surface area contributed by atoms with Gasteiger partial charge < -0.3 is 9.09 Å². The Morgan fingerprint density at radius 3 is 2.56 bits per heavy atom. The Morgan fingerprint density at radius 2 is 1.96 bits per heavy atom. The summed E-state index contributed by atoms with van der Waals surface area (Å²) in [6, 6.07) is 0.513. The van der Waals surface area contributed by atoms with Crippen molar-refractivity contribution in [2.24, 2.45) is 17.8 Å². The van der Waals surface area contributed by atoms with Gasteiger partial charge in [-0.3, -0.25) is 0 Å². The maximum atomic E-state index is 5.44. The third-order valence-corrected chi connectivity index (χ3v) is 7.56. The highest BCUT2D eigenvalue weighted by Crippen LogP contribution is 2.52. The molecule has 2 aromatic heterocycles. The van der Waals surface area contributed by atoms with Crippen LogP contribution in [-0.2, 0) is 11.2 Å². The first-order valence-electron chi connectivity index (χ1n) is 10.3. The molecule has 5 nitrogen and oxygen atoms in total. The van der Waals surface area contributed by atoms with Crippen molar-refractivity contribution in [3.63, 3.8) is 0 Å². The van der Waals surface area contributed by atoms with Crippen molar-refractivity contribution in [1.82, 2.24) is 19.7 Å². The molecule has 148 valence electrons. The van der Waals surface area contributed by atoms with E-state index in [9.17, 15) is 0 Å². The first-order chi connectivity index (χ1) is 12.7. The average molecular weight is 389 g/mol. The van der Waals surface area contributed by atoms with Crippen LogP contribution in [0.15, 0.2) is 9.68 Å². The van der Waals surface area contributed by atoms with Crippen molar-refractivity contribution in [2.75, 3.05) is 0 Å². The summed E-state index contributed by atoms with van der Waals surface area (Å²) in [5.41, 5.74) is 2.32. The largest absolute Gasteiger partial charge is 0.339 e. The summed E-state index contributed by atoms with van der Waals surface area (Å²) in [6.07, 6.45) is 5.72. The molecule has 4 rings (SSSR count). The molecule has 0 amide bonds. The third kappa shape index (κ3) is 3.57. The average Bonchev–Trinajstić information content (AvgIpc) is 3.36. The number of hydrogen-bond acceptors (Lipinski definition) is 5. The summed E-state index contributed by atoms with van der Waals surface area (Å²) in [5.74, 6) is 4.83. The number of hydrogen-bond donors (Lipinski definition) is 0. The van der Waals surface area contributed by atoms with Crippen LogP contribution in [0.1, 0.15) is 82.5 Å². The van der Waals surface area contributed by atoms with Gasteiger partial charge in [0, 0.05) is 17.2 Å². The predicted molar refractivity (Wildman–Crippen MR) is 108 cm³/mol. The van der Waals surface area contributed by atoms with Gasteiger partial charge in [0.05, 0.1) is 11.4 Å². The summed E-state index contributed by atoms with van der Waals surface area (Å²) in [6.45, 7) is 13.0. The summed E-state index contributed by atoms with van der Waals surface area (Å²) in [4.78, 5) is 9.45. The molecule has 0 spiro atoms. The van der Waals surface area contributed by atoms with E-state index >= 15 is 0 Å². The number of nitrogens with zero attached hydrogens (tertiary/aromatic N) is 4. The lowest BCUT2D eigenvalue weighted by Gasteiger charge is -2.30. The van der Waals surface area contributed by atoms with Gasteiger partial charge in [0.2, 0.25) is 5.89 Å². The molecular weight excluding hydrogens is 356 g/mol. The number of fused-ring (bicyclic) bond motifs is 2. The molecule has 0 aromatic carbocycles. The molecule has 2 fully saturated rings. The van der Waals surface area contributed by atoms with E-state index in [2.05, 4.69) is 56.3 Å². The molecular formula is C21H32N4OS. The number of thioether (sulfide) groups is 1. The van der Waals surface area contributed by atoms with E-state index in [0.717, 1.165) is 34.4 Å². The van der Waals surface area contributed by atoms with Gasteiger partial charge in [0.25, 0.3) is 0 Å². The maximum absolute atomic E-state index is 5.44. The first-order valence-corrected chi connectivity index (χ1v) is 11.2. The van der Waals surface area contributed by atoms with E-state index in [1.807, 2.05) is 0 Å². The van der Waals surface area contributed by atoms with Crippen molar-refractivity contribution in [1.29, 1.82) is 0 Å². The number of imidazole rings is 1. The van der Waals surface area contributed by atoms with Gasteiger partial charge in [0.1, 0.15) is 0 Å². The molecule has 6 heteroatoms. The van der Waals surface area contributed by atoms with Crippen molar-refractivity contribution < 1.29 is 4.52 Å². The van der Waals surface area contributed by atoms with Gasteiger partial charge in [-0.05, 0) is 57.8 Å². The van der Waals surface area contributed by atoms with E-state index in [-0.39, 0.29) is 5.41 Å². The zero-order chi connectivity index (χ0) is 19.3. The molecule has 2 aliphatic carbocycles. The van der Waals surface area contributed by atoms with E-state index in [1.54, 1.807) is 11.8 Å². The Hall–Kier alpha value is -1.30. The van der Waals surface area contributed by atoms with Crippen molar-refractivity contribution in [2.45, 2.75) is 89.6 Å². The van der Waals surface area contributed by atoms with Crippen LogP contribution in [0.5, 0.6) is 0 Å². The zero-order valence-electron chi connectivity index (χ0n) is 17.5. The fourth-order valence-corrected chi connectivity index (χ4v) is 6.02. The van der Waals surface area contributed by atoms with E-state index in [4.69, 9.17) is 9.51 Å². The molecule has 2 bridgehead atoms. The topological polar surface area (TPSA) is 56.7 Å². The second-order valence-electron chi connectivity index (χ2n) is 9.57. The normalized spacial score (nSPS) is 26.1. The van der Waals surface area contributed by atoms with Crippen molar-refractivity contribution >= 4 is 11.8 Å². The van der Waals surface area contributed by atoms with Gasteiger partial charge in [0.15, 0.2) is 11.0 Å². The second-order valence-corrected chi connectivity index (χ2v) is 10.5. The molecule has 2 aliphatic rings. The van der Waals surface area contributed by atoms with Crippen LogP contribution in [0.2, 0.25) is 0 Å². The van der Waals surface area contributed by atoms with Crippen LogP contribution in [0.25, 0.3) is 0 Å². The lowest BCUT2D eigenvalue weighted by Crippen LogP contribution is -2.23. The lowest BCUT2D eigenvalue weighted by molar-refractivity contribution is 0.232. The van der Waals surface area contributed by atoms with Gasteiger partial charge >= 0.3 is 0 Å². The fourth-order valence-electron chi connectivity index (χ4n) is 5.00. The minimum Gasteiger partial charge on any atom is -0.339 e. The predicted octanol–water partition coefficient (Wildman–Crippen LogP) is 5.47. The number of aryl methyl sites for hydroxylation is 1. The Labute approximate surface area is 166 Å². The van der Waals surface area contributed by atoms with Crippen LogP contribution in [0.4, 0.5) is 0 Å². The third-order valence-electron chi connectivity index (χ3n) is 6.61. The molecule has 0 unspecified atom stereocenters. The molecule has 0 radical (unpaired) electrons. The zero-order valence-corrected chi connectivity index (χ0v) is 18.3. The molecule has 27 heavy (non-hydrogen) atoms. The number of aromatic nitrogens is 4. The summed E-state index contributed by atoms with van der Waals surface area (Å²) >= 11 is 1.73. The van der Waals surface area contributed by atoms with Gasteiger partial charge in [-0.2, -0.15) is 4.98 Å². The highest BCUT2D eigenvalue weighted by molar-refractivity contribution is 7.98. The molecule has 2 saturated carbocycles. The fraction of sp³-hybridized carbons (Fsp3) is 0.762. The quantitative estimate of drug-likeness (QED) is 0.636. The van der Waals surface area contributed by atoms with E-state index in [1.165, 1.54) is 31.4 Å². The summed E-state index contributed by atoms with van der Waals surface area (Å²) in [7, 11) is 0. The van der Waals surface area contributed by atoms with Crippen LogP contribution in [-0.4, -0.2) is 19.7 Å². The summed E-state index contributed by atoms with van der Waals surface area (Å²) in [5, 5.41) is 5.27. The van der Waals surface area contributed by atoms with Crippen LogP contribution in [0, 0.1) is 31.6 Å². The Kier molecular flexibility index (Phi) is 4.90. The summed E-state index contributed by atoms with van der Waals surface area (Å²) < 4.78 is 7.92. The van der Waals surface area contributed by atoms with E-state index < -0.39 is 0 Å². The molecule has 4 atom stereocenters. The van der Waals surface area contributed by atoms with Gasteiger partial charge in [-0.15, -0.1) is 0 Å². The monoisotopic (exact) mass is 388 g/mol.